The molecule has 0 aromatic heterocycles. The summed E-state index contributed by atoms with van der Waals surface area (Å²) in [4.78, 5) is 48.0. The first-order chi connectivity index (χ1) is 13.4. The maximum atomic E-state index is 12.4. The van der Waals surface area contributed by atoms with Crippen molar-refractivity contribution in [3.05, 3.63) is 33.5 Å². The number of amides is 4. The van der Waals surface area contributed by atoms with E-state index in [-0.39, 0.29) is 30.0 Å². The van der Waals surface area contributed by atoms with Crippen LogP contribution in [0.25, 0.3) is 0 Å². The lowest BCUT2D eigenvalue weighted by atomic mass is 9.86. The zero-order valence-electron chi connectivity index (χ0n) is 17.5. The fourth-order valence-electron chi connectivity index (χ4n) is 2.82. The molecular weight excluding hydrogens is 382 g/mol. The lowest BCUT2D eigenvalue weighted by Crippen LogP contribution is -2.58. The van der Waals surface area contributed by atoms with Gasteiger partial charge in [-0.1, -0.05) is 0 Å². The molecule has 1 aliphatic rings. The van der Waals surface area contributed by atoms with Gasteiger partial charge in [0.05, 0.1) is 11.5 Å². The minimum Gasteiger partial charge on any atom is -0.465 e. The molecule has 0 spiro atoms. The third-order valence-electron chi connectivity index (χ3n) is 3.83. The van der Waals surface area contributed by atoms with Crippen LogP contribution >= 0.6 is 0 Å². The van der Waals surface area contributed by atoms with Gasteiger partial charge in [0.1, 0.15) is 5.92 Å². The summed E-state index contributed by atoms with van der Waals surface area (Å²) < 4.78 is 5.05. The van der Waals surface area contributed by atoms with E-state index >= 15 is 0 Å². The normalized spacial score (nSPS) is 21.0. The number of urea groups is 2. The highest BCUT2D eigenvalue weighted by Crippen LogP contribution is 2.31. The summed E-state index contributed by atoms with van der Waals surface area (Å²) in [6, 6.07) is -1.86. The van der Waals surface area contributed by atoms with Crippen LogP contribution in [0.5, 0.6) is 0 Å². The highest BCUT2D eigenvalue weighted by molar-refractivity contribution is 5.84. The highest BCUT2D eigenvalue weighted by atomic mass is 16.6. The molecule has 0 saturated heterocycles. The molecule has 4 N–H and O–H groups in total. The maximum Gasteiger partial charge on any atom is 0.338 e. The summed E-state index contributed by atoms with van der Waals surface area (Å²) in [7, 11) is 0. The molecule has 0 radical (unpaired) electrons. The van der Waals surface area contributed by atoms with E-state index in [0.717, 1.165) is 6.08 Å². The molecule has 0 fully saturated rings. The molecule has 0 aromatic carbocycles. The standard InChI is InChI=1S/C18H29N5O6/c1-7-29-15(24)14-12(6)8-18(23(27)28,22-17(26)20-11(4)5)9-13(14)21-16(25)19-10(2)3/h8-11,14H,7H2,1-6H3,(H2,19,21,25)(H2,20,22,26). The monoisotopic (exact) mass is 411 g/mol. The van der Waals surface area contributed by atoms with E-state index < -0.39 is 34.5 Å². The summed E-state index contributed by atoms with van der Waals surface area (Å²) in [5, 5.41) is 21.8. The van der Waals surface area contributed by atoms with Gasteiger partial charge in [0.2, 0.25) is 0 Å². The summed E-state index contributed by atoms with van der Waals surface area (Å²) in [5.74, 6) is -1.71. The van der Waals surface area contributed by atoms with Gasteiger partial charge in [0, 0.05) is 29.9 Å². The highest BCUT2D eigenvalue weighted by Gasteiger charge is 2.47. The van der Waals surface area contributed by atoms with Crippen LogP contribution < -0.4 is 21.3 Å². The van der Waals surface area contributed by atoms with E-state index in [9.17, 15) is 24.5 Å². The van der Waals surface area contributed by atoms with Crippen LogP contribution in [-0.4, -0.2) is 47.3 Å². The van der Waals surface area contributed by atoms with Gasteiger partial charge < -0.3 is 20.7 Å². The molecule has 11 nitrogen and oxygen atoms in total. The fourth-order valence-corrected chi connectivity index (χ4v) is 2.82. The number of nitrogens with one attached hydrogen (secondary N) is 4. The number of carbonyl (C=O) groups excluding carboxylic acids is 3. The molecule has 0 aliphatic heterocycles. The largest absolute Gasteiger partial charge is 0.465 e. The van der Waals surface area contributed by atoms with Crippen LogP contribution in [0.1, 0.15) is 41.5 Å². The van der Waals surface area contributed by atoms with Crippen LogP contribution in [0, 0.1) is 16.0 Å². The molecule has 162 valence electrons. The van der Waals surface area contributed by atoms with Crippen molar-refractivity contribution in [3.63, 3.8) is 0 Å². The van der Waals surface area contributed by atoms with Crippen LogP contribution in [-0.2, 0) is 9.53 Å². The second-order valence-corrected chi connectivity index (χ2v) is 7.26. The number of esters is 1. The first kappa shape index (κ1) is 23.9. The molecule has 0 saturated carbocycles. The Morgan fingerprint density at radius 3 is 2.17 bits per heavy atom. The Balaban J connectivity index is 3.38. The fraction of sp³-hybridized carbons (Fsp3) is 0.611. The van der Waals surface area contributed by atoms with Gasteiger partial charge in [-0.3, -0.25) is 20.2 Å². The molecule has 0 bridgehead atoms. The smallest absolute Gasteiger partial charge is 0.338 e. The van der Waals surface area contributed by atoms with Crippen LogP contribution in [0.15, 0.2) is 23.4 Å². The number of hydrogen-bond acceptors (Lipinski definition) is 6. The van der Waals surface area contributed by atoms with Gasteiger partial charge in [0.25, 0.3) is 0 Å². The maximum absolute atomic E-state index is 12.4. The summed E-state index contributed by atoms with van der Waals surface area (Å²) in [5.41, 5.74) is -1.94. The van der Waals surface area contributed by atoms with Crippen molar-refractivity contribution in [2.45, 2.75) is 59.3 Å². The zero-order valence-corrected chi connectivity index (χ0v) is 17.5. The van der Waals surface area contributed by atoms with Crippen molar-refractivity contribution in [1.82, 2.24) is 21.3 Å². The average Bonchev–Trinajstić information content (AvgIpc) is 2.52. The molecule has 1 rings (SSSR count). The number of nitrogens with zero attached hydrogens (tertiary/aromatic N) is 1. The number of carbonyl (C=O) groups is 3. The van der Waals surface area contributed by atoms with Gasteiger partial charge in [0.15, 0.2) is 0 Å². The van der Waals surface area contributed by atoms with E-state index in [1.807, 2.05) is 0 Å². The predicted molar refractivity (Wildman–Crippen MR) is 105 cm³/mol. The second kappa shape index (κ2) is 9.89. The van der Waals surface area contributed by atoms with Crippen molar-refractivity contribution < 1.29 is 24.0 Å². The minimum atomic E-state index is -2.15. The Morgan fingerprint density at radius 2 is 1.69 bits per heavy atom. The molecule has 2 atom stereocenters. The average molecular weight is 411 g/mol. The van der Waals surface area contributed by atoms with Gasteiger partial charge in [-0.15, -0.1) is 0 Å². The van der Waals surface area contributed by atoms with E-state index in [0.29, 0.717) is 0 Å². The summed E-state index contributed by atoms with van der Waals surface area (Å²) in [6.07, 6.45) is 2.21. The molecule has 11 heteroatoms. The summed E-state index contributed by atoms with van der Waals surface area (Å²) in [6.45, 7) is 10.1. The Kier molecular flexibility index (Phi) is 8.16. The van der Waals surface area contributed by atoms with Crippen molar-refractivity contribution in [3.8, 4) is 0 Å². The third-order valence-corrected chi connectivity index (χ3v) is 3.83. The zero-order chi connectivity index (χ0) is 22.4. The Labute approximate surface area is 169 Å². The van der Waals surface area contributed by atoms with E-state index in [1.165, 1.54) is 13.0 Å². The molecule has 4 amide bonds. The van der Waals surface area contributed by atoms with Gasteiger partial charge in [-0.25, -0.2) is 9.59 Å². The summed E-state index contributed by atoms with van der Waals surface area (Å²) >= 11 is 0. The lowest BCUT2D eigenvalue weighted by Gasteiger charge is -2.30. The lowest BCUT2D eigenvalue weighted by molar-refractivity contribution is -0.545. The van der Waals surface area contributed by atoms with Crippen molar-refractivity contribution in [2.75, 3.05) is 6.61 Å². The molecule has 0 heterocycles. The number of hydrogen-bond donors (Lipinski definition) is 4. The van der Waals surface area contributed by atoms with Crippen molar-refractivity contribution in [1.29, 1.82) is 0 Å². The van der Waals surface area contributed by atoms with Crippen LogP contribution in [0.2, 0.25) is 0 Å². The third kappa shape index (κ3) is 6.47. The number of nitro groups is 1. The van der Waals surface area contributed by atoms with E-state index in [4.69, 9.17) is 4.74 Å². The van der Waals surface area contributed by atoms with Gasteiger partial charge in [-0.05, 0) is 47.1 Å². The SMILES string of the molecule is CCOC(=O)C1C(C)=CC(NC(=O)NC(C)C)([N+](=O)[O-])C=C1NC(=O)NC(C)C. The van der Waals surface area contributed by atoms with Crippen LogP contribution in [0.4, 0.5) is 9.59 Å². The first-order valence-corrected chi connectivity index (χ1v) is 9.31. The Bertz CT molecular complexity index is 730. The second-order valence-electron chi connectivity index (χ2n) is 7.26. The predicted octanol–water partition coefficient (Wildman–Crippen LogP) is 1.40. The van der Waals surface area contributed by atoms with Crippen LogP contribution in [0.3, 0.4) is 0 Å². The number of rotatable bonds is 7. The Morgan fingerprint density at radius 1 is 1.14 bits per heavy atom. The quantitative estimate of drug-likeness (QED) is 0.163. The molecule has 0 aromatic rings. The van der Waals surface area contributed by atoms with Gasteiger partial charge >= 0.3 is 23.7 Å². The number of ether oxygens (including phenoxy) is 1. The van der Waals surface area contributed by atoms with Gasteiger partial charge in [-0.2, -0.15) is 0 Å². The molecular formula is C18H29N5O6. The Hall–Kier alpha value is -3.11. The molecule has 2 unspecified atom stereocenters. The van der Waals surface area contributed by atoms with Crippen molar-refractivity contribution in [2.24, 2.45) is 5.92 Å². The molecule has 29 heavy (non-hydrogen) atoms. The van der Waals surface area contributed by atoms with Crippen molar-refractivity contribution >= 4 is 18.0 Å². The van der Waals surface area contributed by atoms with E-state index in [2.05, 4.69) is 21.3 Å². The topological polar surface area (TPSA) is 152 Å². The van der Waals surface area contributed by atoms with E-state index in [1.54, 1.807) is 34.6 Å². The molecule has 1 aliphatic carbocycles. The minimum absolute atomic E-state index is 0.0526. The first-order valence-electron chi connectivity index (χ1n) is 9.31.